The van der Waals surface area contributed by atoms with E-state index in [-0.39, 0.29) is 17.9 Å². The van der Waals surface area contributed by atoms with Gasteiger partial charge in [0.05, 0.1) is 12.8 Å². The van der Waals surface area contributed by atoms with Gasteiger partial charge < -0.3 is 20.3 Å². The lowest BCUT2D eigenvalue weighted by Gasteiger charge is -2.31. The summed E-state index contributed by atoms with van der Waals surface area (Å²) in [7, 11) is 1.60. The summed E-state index contributed by atoms with van der Waals surface area (Å²) in [6.45, 7) is 1.09. The van der Waals surface area contributed by atoms with E-state index >= 15 is 0 Å². The van der Waals surface area contributed by atoms with E-state index in [2.05, 4.69) is 15.6 Å². The maximum Gasteiger partial charge on any atom is 0.321 e. The molecule has 7 nitrogen and oxygen atoms in total. The quantitative estimate of drug-likeness (QED) is 0.685. The number of urea groups is 1. The summed E-state index contributed by atoms with van der Waals surface area (Å²) in [6.07, 6.45) is 2.95. The number of likely N-dealkylation sites (tertiary alicyclic amines) is 1. The molecule has 1 fully saturated rings. The van der Waals surface area contributed by atoms with Crippen LogP contribution in [-0.2, 0) is 4.79 Å². The number of carbonyl (C=O) groups excluding carboxylic acids is 2. The maximum absolute atomic E-state index is 12.9. The molecule has 1 aliphatic rings. The van der Waals surface area contributed by atoms with Crippen LogP contribution in [0.3, 0.4) is 0 Å². The Bertz CT molecular complexity index is 1050. The molecule has 2 N–H and O–H groups in total. The molecule has 1 aromatic heterocycles. The zero-order chi connectivity index (χ0) is 20.9. The van der Waals surface area contributed by atoms with Crippen molar-refractivity contribution in [3.8, 4) is 5.75 Å². The largest absolute Gasteiger partial charge is 0.494 e. The monoisotopic (exact) mass is 404 g/mol. The number of methoxy groups -OCH3 is 1. The third kappa shape index (κ3) is 4.20. The number of hydrogen-bond donors (Lipinski definition) is 2. The Hall–Kier alpha value is -3.61. The number of piperidine rings is 1. The van der Waals surface area contributed by atoms with E-state index in [0.717, 1.165) is 11.1 Å². The van der Waals surface area contributed by atoms with E-state index in [0.29, 0.717) is 42.9 Å². The Morgan fingerprint density at radius 2 is 1.77 bits per heavy atom. The molecule has 0 aliphatic carbocycles. The van der Waals surface area contributed by atoms with Crippen molar-refractivity contribution in [3.63, 3.8) is 0 Å². The van der Waals surface area contributed by atoms with Gasteiger partial charge in [-0.15, -0.1) is 0 Å². The number of benzene rings is 2. The van der Waals surface area contributed by atoms with Gasteiger partial charge in [0.2, 0.25) is 5.91 Å². The first-order valence-corrected chi connectivity index (χ1v) is 9.99. The van der Waals surface area contributed by atoms with Crippen molar-refractivity contribution in [1.82, 2.24) is 9.88 Å². The van der Waals surface area contributed by atoms with Crippen molar-refractivity contribution >= 4 is 34.2 Å². The number of nitrogens with zero attached hydrogens (tertiary/aromatic N) is 2. The molecule has 1 aliphatic heterocycles. The van der Waals surface area contributed by atoms with Crippen molar-refractivity contribution in [3.05, 3.63) is 60.8 Å². The normalized spacial score (nSPS) is 14.4. The van der Waals surface area contributed by atoms with Crippen LogP contribution in [0.2, 0.25) is 0 Å². The first kappa shape index (κ1) is 19.7. The van der Waals surface area contributed by atoms with Crippen LogP contribution >= 0.6 is 0 Å². The second-order valence-electron chi connectivity index (χ2n) is 7.26. The number of hydrogen-bond acceptors (Lipinski definition) is 4. The summed E-state index contributed by atoms with van der Waals surface area (Å²) in [5.41, 5.74) is 2.20. The number of fused-ring (bicyclic) bond motifs is 1. The predicted molar refractivity (Wildman–Crippen MR) is 117 cm³/mol. The topological polar surface area (TPSA) is 83.6 Å². The van der Waals surface area contributed by atoms with Crippen molar-refractivity contribution in [1.29, 1.82) is 0 Å². The summed E-state index contributed by atoms with van der Waals surface area (Å²) >= 11 is 0. The number of aromatic nitrogens is 1. The highest BCUT2D eigenvalue weighted by Crippen LogP contribution is 2.30. The molecule has 30 heavy (non-hydrogen) atoms. The van der Waals surface area contributed by atoms with E-state index in [1.54, 1.807) is 18.2 Å². The molecule has 2 aromatic carbocycles. The second-order valence-corrected chi connectivity index (χ2v) is 7.26. The van der Waals surface area contributed by atoms with E-state index < -0.39 is 0 Å². The van der Waals surface area contributed by atoms with Gasteiger partial charge in [-0.2, -0.15) is 0 Å². The fraction of sp³-hybridized carbons (Fsp3) is 0.261. The molecule has 0 unspecified atom stereocenters. The molecule has 0 saturated carbocycles. The Labute approximate surface area is 175 Å². The molecular weight excluding hydrogens is 380 g/mol. The Morgan fingerprint density at radius 1 is 1.00 bits per heavy atom. The summed E-state index contributed by atoms with van der Waals surface area (Å²) in [6, 6.07) is 16.6. The van der Waals surface area contributed by atoms with Crippen LogP contribution in [0.25, 0.3) is 10.9 Å². The van der Waals surface area contributed by atoms with E-state index in [4.69, 9.17) is 4.74 Å². The van der Waals surface area contributed by atoms with Gasteiger partial charge in [-0.25, -0.2) is 4.79 Å². The van der Waals surface area contributed by atoms with Gasteiger partial charge in [0, 0.05) is 36.3 Å². The summed E-state index contributed by atoms with van der Waals surface area (Å²) in [5, 5.41) is 6.77. The summed E-state index contributed by atoms with van der Waals surface area (Å²) < 4.78 is 5.36. The van der Waals surface area contributed by atoms with Gasteiger partial charge >= 0.3 is 6.03 Å². The van der Waals surface area contributed by atoms with Crippen molar-refractivity contribution < 1.29 is 14.3 Å². The molecule has 0 bridgehead atoms. The summed E-state index contributed by atoms with van der Waals surface area (Å²) in [4.78, 5) is 31.4. The van der Waals surface area contributed by atoms with Crippen molar-refractivity contribution in [2.45, 2.75) is 12.8 Å². The van der Waals surface area contributed by atoms with Gasteiger partial charge in [-0.3, -0.25) is 9.78 Å². The van der Waals surface area contributed by atoms with Gasteiger partial charge in [0.1, 0.15) is 11.3 Å². The molecule has 0 spiro atoms. The van der Waals surface area contributed by atoms with Crippen molar-refractivity contribution in [2.75, 3.05) is 30.8 Å². The molecule has 4 rings (SSSR count). The first-order chi connectivity index (χ1) is 14.7. The number of ether oxygens (including phenoxy) is 1. The van der Waals surface area contributed by atoms with Gasteiger partial charge in [-0.05, 0) is 49.2 Å². The first-order valence-electron chi connectivity index (χ1n) is 9.99. The lowest BCUT2D eigenvalue weighted by Crippen LogP contribution is -2.43. The smallest absolute Gasteiger partial charge is 0.321 e. The van der Waals surface area contributed by atoms with Crippen LogP contribution in [0.1, 0.15) is 12.8 Å². The van der Waals surface area contributed by atoms with E-state index in [1.165, 1.54) is 0 Å². The van der Waals surface area contributed by atoms with Crippen molar-refractivity contribution in [2.24, 2.45) is 5.92 Å². The highest BCUT2D eigenvalue weighted by molar-refractivity contribution is 6.03. The van der Waals surface area contributed by atoms with E-state index in [1.807, 2.05) is 54.6 Å². The number of amides is 3. The number of nitrogens with one attached hydrogen (secondary N) is 2. The van der Waals surface area contributed by atoms with E-state index in [9.17, 15) is 9.59 Å². The minimum Gasteiger partial charge on any atom is -0.494 e. The zero-order valence-corrected chi connectivity index (χ0v) is 16.8. The van der Waals surface area contributed by atoms with Gasteiger partial charge in [-0.1, -0.05) is 18.2 Å². The fourth-order valence-electron chi connectivity index (χ4n) is 3.72. The number of anilines is 2. The van der Waals surface area contributed by atoms with Crippen LogP contribution in [0.15, 0.2) is 60.8 Å². The minimum atomic E-state index is -0.139. The highest BCUT2D eigenvalue weighted by Gasteiger charge is 2.27. The molecule has 3 amide bonds. The zero-order valence-electron chi connectivity index (χ0n) is 16.8. The average Bonchev–Trinajstić information content (AvgIpc) is 2.80. The lowest BCUT2D eigenvalue weighted by atomic mass is 9.96. The Kier molecular flexibility index (Phi) is 5.79. The number of carbonyl (C=O) groups is 2. The van der Waals surface area contributed by atoms with Crippen LogP contribution < -0.4 is 15.4 Å². The van der Waals surface area contributed by atoms with Gasteiger partial charge in [0.15, 0.2) is 0 Å². The number of pyridine rings is 1. The number of para-hydroxylation sites is 1. The molecule has 2 heterocycles. The third-order valence-electron chi connectivity index (χ3n) is 5.39. The lowest BCUT2D eigenvalue weighted by molar-refractivity contribution is -0.121. The van der Waals surface area contributed by atoms with Gasteiger partial charge in [0.25, 0.3) is 0 Å². The minimum absolute atomic E-state index is 0.0339. The molecular formula is C23H24N4O3. The van der Waals surface area contributed by atoms with Crippen LogP contribution in [-0.4, -0.2) is 42.0 Å². The van der Waals surface area contributed by atoms with Crippen LogP contribution in [0.4, 0.5) is 16.2 Å². The Balaban J connectivity index is 1.37. The molecule has 3 aromatic rings. The number of rotatable bonds is 4. The average molecular weight is 404 g/mol. The van der Waals surface area contributed by atoms with Crippen LogP contribution in [0, 0.1) is 5.92 Å². The standard InChI is InChI=1S/C23H24N4O3/c1-30-20-10-9-19(18-8-5-13-24-21(18)20)26-22(28)16-11-14-27(15-12-16)23(29)25-17-6-3-2-4-7-17/h2-10,13,16H,11-12,14-15H2,1H3,(H,25,29)(H,26,28). The molecule has 154 valence electrons. The maximum atomic E-state index is 12.9. The Morgan fingerprint density at radius 3 is 2.50 bits per heavy atom. The molecule has 1 saturated heterocycles. The summed E-state index contributed by atoms with van der Waals surface area (Å²) in [5.74, 6) is 0.495. The molecule has 0 atom stereocenters. The fourth-order valence-corrected chi connectivity index (χ4v) is 3.72. The third-order valence-corrected chi connectivity index (χ3v) is 5.39. The second kappa shape index (κ2) is 8.82. The molecule has 7 heteroatoms. The van der Waals surface area contributed by atoms with Crippen LogP contribution in [0.5, 0.6) is 5.75 Å². The highest BCUT2D eigenvalue weighted by atomic mass is 16.5. The SMILES string of the molecule is COc1ccc(NC(=O)C2CCN(C(=O)Nc3ccccc3)CC2)c2cccnc12. The predicted octanol–water partition coefficient (Wildman–Crippen LogP) is 4.13. The molecule has 0 radical (unpaired) electrons.